The Morgan fingerprint density at radius 2 is 2.04 bits per heavy atom. The minimum Gasteiger partial charge on any atom is -0.372 e. The van der Waals surface area contributed by atoms with Crippen molar-refractivity contribution in [1.82, 2.24) is 20.0 Å². The first-order chi connectivity index (χ1) is 12.1. The lowest BCUT2D eigenvalue weighted by Gasteiger charge is -2.33. The van der Waals surface area contributed by atoms with E-state index in [1.54, 1.807) is 12.0 Å². The number of aromatic amines is 1. The average molecular weight is 348 g/mol. The van der Waals surface area contributed by atoms with Gasteiger partial charge in [0.15, 0.2) is 0 Å². The lowest BCUT2D eigenvalue weighted by molar-refractivity contribution is -0.146. The van der Waals surface area contributed by atoms with Crippen LogP contribution in [0.4, 0.5) is 0 Å². The van der Waals surface area contributed by atoms with Gasteiger partial charge in [0.05, 0.1) is 12.2 Å². The topological polar surface area (TPSA) is 78.5 Å². The second kappa shape index (κ2) is 7.99. The zero-order valence-corrected chi connectivity index (χ0v) is 15.2. The van der Waals surface area contributed by atoms with Crippen LogP contribution < -0.4 is 0 Å². The van der Waals surface area contributed by atoms with Crippen LogP contribution >= 0.6 is 0 Å². The molecule has 0 spiro atoms. The van der Waals surface area contributed by atoms with Crippen molar-refractivity contribution in [2.75, 3.05) is 33.3 Å². The Morgan fingerprint density at radius 1 is 1.28 bits per heavy atom. The summed E-state index contributed by atoms with van der Waals surface area (Å²) < 4.78 is 5.28. The number of amides is 2. The maximum atomic E-state index is 12.6. The molecule has 138 valence electrons. The molecule has 2 fully saturated rings. The fraction of sp³-hybridized carbons (Fsp3) is 0.722. The van der Waals surface area contributed by atoms with E-state index in [0.29, 0.717) is 12.5 Å². The van der Waals surface area contributed by atoms with E-state index in [0.717, 1.165) is 56.6 Å². The molecular formula is C18H28N4O3. The Bertz CT molecular complexity index is 607. The summed E-state index contributed by atoms with van der Waals surface area (Å²) in [6.45, 7) is 4.27. The summed E-state index contributed by atoms with van der Waals surface area (Å²) in [5.41, 5.74) is 2.16. The Hall–Kier alpha value is -1.89. The van der Waals surface area contributed by atoms with Gasteiger partial charge < -0.3 is 14.5 Å². The van der Waals surface area contributed by atoms with Gasteiger partial charge in [0.1, 0.15) is 6.10 Å². The molecule has 0 aliphatic carbocycles. The molecule has 2 saturated heterocycles. The van der Waals surface area contributed by atoms with E-state index in [1.807, 2.05) is 11.8 Å². The number of nitrogens with zero attached hydrogens (tertiary/aromatic N) is 3. The van der Waals surface area contributed by atoms with E-state index < -0.39 is 6.10 Å². The Labute approximate surface area is 148 Å². The standard InChI is InChI=1S/C18H28N4O3/c1-13-11-15(20-19-13)14-6-9-21(10-7-14)17(23)12-22-8-4-3-5-16(25-2)18(22)24/h11,14,16H,3-10,12H2,1-2H3,(H,19,20). The van der Waals surface area contributed by atoms with Crippen LogP contribution in [0.25, 0.3) is 0 Å². The molecule has 1 aromatic rings. The Morgan fingerprint density at radius 3 is 2.68 bits per heavy atom. The van der Waals surface area contributed by atoms with Gasteiger partial charge in [-0.25, -0.2) is 0 Å². The molecule has 7 nitrogen and oxygen atoms in total. The highest BCUT2D eigenvalue weighted by molar-refractivity contribution is 5.87. The summed E-state index contributed by atoms with van der Waals surface area (Å²) in [6, 6.07) is 2.09. The number of hydrogen-bond acceptors (Lipinski definition) is 4. The molecule has 0 radical (unpaired) electrons. The van der Waals surface area contributed by atoms with Crippen LogP contribution in [0.15, 0.2) is 6.07 Å². The quantitative estimate of drug-likeness (QED) is 0.893. The maximum Gasteiger partial charge on any atom is 0.252 e. The first kappa shape index (κ1) is 17.9. The molecule has 3 heterocycles. The highest BCUT2D eigenvalue weighted by Crippen LogP contribution is 2.27. The molecule has 3 rings (SSSR count). The minimum atomic E-state index is -0.399. The van der Waals surface area contributed by atoms with Crippen LogP contribution in [0.2, 0.25) is 0 Å². The first-order valence-corrected chi connectivity index (χ1v) is 9.19. The summed E-state index contributed by atoms with van der Waals surface area (Å²) in [5.74, 6) is 0.406. The summed E-state index contributed by atoms with van der Waals surface area (Å²) in [4.78, 5) is 28.6. The van der Waals surface area contributed by atoms with Crippen molar-refractivity contribution in [2.45, 2.75) is 51.0 Å². The smallest absolute Gasteiger partial charge is 0.252 e. The van der Waals surface area contributed by atoms with E-state index in [2.05, 4.69) is 16.3 Å². The van der Waals surface area contributed by atoms with Gasteiger partial charge >= 0.3 is 0 Å². The van der Waals surface area contributed by atoms with Gasteiger partial charge in [-0.15, -0.1) is 0 Å². The van der Waals surface area contributed by atoms with E-state index in [4.69, 9.17) is 4.74 Å². The number of rotatable bonds is 4. The van der Waals surface area contributed by atoms with Gasteiger partial charge in [-0.2, -0.15) is 5.10 Å². The summed E-state index contributed by atoms with van der Waals surface area (Å²) in [5, 5.41) is 7.33. The van der Waals surface area contributed by atoms with Gasteiger partial charge in [0.2, 0.25) is 5.91 Å². The van der Waals surface area contributed by atoms with Crippen molar-refractivity contribution < 1.29 is 14.3 Å². The van der Waals surface area contributed by atoms with Crippen molar-refractivity contribution >= 4 is 11.8 Å². The van der Waals surface area contributed by atoms with Crippen LogP contribution in [0.3, 0.4) is 0 Å². The monoisotopic (exact) mass is 348 g/mol. The Kier molecular flexibility index (Phi) is 5.73. The third-order valence-electron chi connectivity index (χ3n) is 5.33. The van der Waals surface area contributed by atoms with Gasteiger partial charge in [-0.05, 0) is 45.1 Å². The average Bonchev–Trinajstić information content (AvgIpc) is 2.98. The molecular weight excluding hydrogens is 320 g/mol. The van der Waals surface area contributed by atoms with Crippen LogP contribution in [-0.4, -0.2) is 71.2 Å². The van der Waals surface area contributed by atoms with Crippen LogP contribution in [-0.2, 0) is 14.3 Å². The zero-order chi connectivity index (χ0) is 17.8. The molecule has 2 amide bonds. The number of hydrogen-bond donors (Lipinski definition) is 1. The lowest BCUT2D eigenvalue weighted by atomic mass is 9.93. The van der Waals surface area contributed by atoms with E-state index in [1.165, 1.54) is 0 Å². The molecule has 1 atom stereocenters. The Balaban J connectivity index is 1.53. The molecule has 7 heteroatoms. The van der Waals surface area contributed by atoms with Gasteiger partial charge in [-0.3, -0.25) is 14.7 Å². The largest absolute Gasteiger partial charge is 0.372 e. The van der Waals surface area contributed by atoms with Crippen molar-refractivity contribution in [3.05, 3.63) is 17.5 Å². The number of H-pyrrole nitrogens is 1. The number of likely N-dealkylation sites (tertiary alicyclic amines) is 2. The highest BCUT2D eigenvalue weighted by Gasteiger charge is 2.31. The normalized spacial score (nSPS) is 23.0. The molecule has 0 aromatic carbocycles. The minimum absolute atomic E-state index is 0.0433. The number of aromatic nitrogens is 2. The van der Waals surface area contributed by atoms with Crippen molar-refractivity contribution in [3.63, 3.8) is 0 Å². The highest BCUT2D eigenvalue weighted by atomic mass is 16.5. The molecule has 0 bridgehead atoms. The molecule has 2 aliphatic heterocycles. The SMILES string of the molecule is COC1CCCCN(CC(=O)N2CCC(c3cc(C)[nH]n3)CC2)C1=O. The number of methoxy groups -OCH3 is 1. The van der Waals surface area contributed by atoms with Crippen molar-refractivity contribution in [2.24, 2.45) is 0 Å². The van der Waals surface area contributed by atoms with Gasteiger partial charge in [0, 0.05) is 38.4 Å². The second-order valence-corrected chi connectivity index (χ2v) is 7.11. The maximum absolute atomic E-state index is 12.6. The molecule has 1 unspecified atom stereocenters. The fourth-order valence-electron chi connectivity index (χ4n) is 3.78. The number of carbonyl (C=O) groups excluding carboxylic acids is 2. The van der Waals surface area contributed by atoms with Gasteiger partial charge in [0.25, 0.3) is 5.91 Å². The number of carbonyl (C=O) groups is 2. The number of nitrogens with one attached hydrogen (secondary N) is 1. The number of ether oxygens (including phenoxy) is 1. The van der Waals surface area contributed by atoms with Crippen molar-refractivity contribution in [1.29, 1.82) is 0 Å². The first-order valence-electron chi connectivity index (χ1n) is 9.19. The third-order valence-corrected chi connectivity index (χ3v) is 5.33. The molecule has 0 saturated carbocycles. The number of aryl methyl sites for hydroxylation is 1. The van der Waals surface area contributed by atoms with Crippen molar-refractivity contribution in [3.8, 4) is 0 Å². The lowest BCUT2D eigenvalue weighted by Crippen LogP contribution is -2.47. The second-order valence-electron chi connectivity index (χ2n) is 7.11. The van der Waals surface area contributed by atoms with E-state index >= 15 is 0 Å². The van der Waals surface area contributed by atoms with E-state index in [9.17, 15) is 9.59 Å². The van der Waals surface area contributed by atoms with Gasteiger partial charge in [-0.1, -0.05) is 0 Å². The molecule has 25 heavy (non-hydrogen) atoms. The zero-order valence-electron chi connectivity index (χ0n) is 15.2. The predicted molar refractivity (Wildman–Crippen MR) is 93.1 cm³/mol. The van der Waals surface area contributed by atoms with Crippen LogP contribution in [0, 0.1) is 6.92 Å². The van der Waals surface area contributed by atoms with Crippen LogP contribution in [0.1, 0.15) is 49.4 Å². The summed E-state index contributed by atoms with van der Waals surface area (Å²) in [6.07, 6.45) is 4.08. The molecule has 1 N–H and O–H groups in total. The van der Waals surface area contributed by atoms with E-state index in [-0.39, 0.29) is 18.4 Å². The summed E-state index contributed by atoms with van der Waals surface area (Å²) in [7, 11) is 1.56. The van der Waals surface area contributed by atoms with Crippen LogP contribution in [0.5, 0.6) is 0 Å². The molecule has 2 aliphatic rings. The fourth-order valence-corrected chi connectivity index (χ4v) is 3.78. The predicted octanol–water partition coefficient (Wildman–Crippen LogP) is 1.45. The molecule has 1 aromatic heterocycles. The third kappa shape index (κ3) is 4.21. The summed E-state index contributed by atoms with van der Waals surface area (Å²) >= 11 is 0. The number of piperidine rings is 1.